The Kier molecular flexibility index (Phi) is 4.88. The van der Waals surface area contributed by atoms with Gasteiger partial charge < -0.3 is 10.4 Å². The number of anilines is 1. The van der Waals surface area contributed by atoms with Gasteiger partial charge in [0.25, 0.3) is 0 Å². The fraction of sp³-hybridized carbons (Fsp3) is 0.733. The number of rotatable bonds is 6. The molecule has 1 aliphatic carbocycles. The predicted molar refractivity (Wildman–Crippen MR) is 82.2 cm³/mol. The summed E-state index contributed by atoms with van der Waals surface area (Å²) in [5.41, 5.74) is -0.108. The largest absolute Gasteiger partial charge is 0.396 e. The summed E-state index contributed by atoms with van der Waals surface area (Å²) in [7, 11) is 0. The van der Waals surface area contributed by atoms with Crippen LogP contribution >= 0.6 is 0 Å². The molecule has 1 aromatic heterocycles. The lowest BCUT2D eigenvalue weighted by molar-refractivity contribution is 0.0476. The molecule has 1 aliphatic rings. The molecule has 118 valence electrons. The number of amides is 2. The molecule has 1 saturated carbocycles. The number of carbonyl (C=O) groups is 1. The number of aromatic nitrogens is 2. The Bertz CT molecular complexity index is 474. The zero-order valence-electron chi connectivity index (χ0n) is 13.1. The maximum absolute atomic E-state index is 12.0. The van der Waals surface area contributed by atoms with E-state index in [1.165, 1.54) is 0 Å². The number of nitrogens with one attached hydrogen (secondary N) is 2. The van der Waals surface area contributed by atoms with Crippen molar-refractivity contribution in [2.24, 2.45) is 11.3 Å². The molecule has 6 heteroatoms. The zero-order valence-corrected chi connectivity index (χ0v) is 13.1. The van der Waals surface area contributed by atoms with Gasteiger partial charge in [-0.2, -0.15) is 5.10 Å². The zero-order chi connectivity index (χ0) is 15.5. The van der Waals surface area contributed by atoms with Gasteiger partial charge >= 0.3 is 6.03 Å². The minimum Gasteiger partial charge on any atom is -0.396 e. The fourth-order valence-electron chi connectivity index (χ4n) is 2.52. The molecule has 2 amide bonds. The highest BCUT2D eigenvalue weighted by molar-refractivity contribution is 5.88. The summed E-state index contributed by atoms with van der Waals surface area (Å²) in [5.74, 6) is 1.13. The van der Waals surface area contributed by atoms with Crippen molar-refractivity contribution in [1.82, 2.24) is 15.1 Å². The van der Waals surface area contributed by atoms with E-state index in [0.29, 0.717) is 18.3 Å². The van der Waals surface area contributed by atoms with Crippen LogP contribution in [-0.2, 0) is 0 Å². The molecular weight excluding hydrogens is 268 g/mol. The molecule has 0 bridgehead atoms. The van der Waals surface area contributed by atoms with Gasteiger partial charge in [0.2, 0.25) is 0 Å². The van der Waals surface area contributed by atoms with Crippen LogP contribution in [0.5, 0.6) is 0 Å². The maximum Gasteiger partial charge on any atom is 0.320 e. The third-order valence-electron chi connectivity index (χ3n) is 4.64. The number of aliphatic hydroxyl groups excluding tert-OH is 1. The first-order valence-electron chi connectivity index (χ1n) is 7.67. The Labute approximate surface area is 125 Å². The van der Waals surface area contributed by atoms with E-state index in [-0.39, 0.29) is 24.1 Å². The minimum absolute atomic E-state index is 0.108. The molecule has 0 spiro atoms. The summed E-state index contributed by atoms with van der Waals surface area (Å²) in [6, 6.07) is 1.77. The second-order valence-electron chi connectivity index (χ2n) is 6.46. The Morgan fingerprint density at radius 2 is 2.19 bits per heavy atom. The predicted octanol–water partition coefficient (Wildman–Crippen LogP) is 2.38. The van der Waals surface area contributed by atoms with E-state index in [4.69, 9.17) is 0 Å². The molecule has 0 aromatic carbocycles. The average Bonchev–Trinajstić information content (AvgIpc) is 2.85. The first kappa shape index (κ1) is 15.8. The minimum atomic E-state index is -0.243. The topological polar surface area (TPSA) is 79.2 Å². The molecule has 2 rings (SSSR count). The molecule has 1 heterocycles. The average molecular weight is 294 g/mol. The van der Waals surface area contributed by atoms with Crippen LogP contribution in [0.1, 0.15) is 46.1 Å². The molecule has 21 heavy (non-hydrogen) atoms. The van der Waals surface area contributed by atoms with Gasteiger partial charge in [-0.1, -0.05) is 20.3 Å². The summed E-state index contributed by atoms with van der Waals surface area (Å²) in [6.07, 6.45) is 4.77. The van der Waals surface area contributed by atoms with Gasteiger partial charge in [-0.05, 0) is 25.7 Å². The molecule has 1 fully saturated rings. The summed E-state index contributed by atoms with van der Waals surface area (Å²) in [5, 5.41) is 19.4. The molecule has 3 N–H and O–H groups in total. The van der Waals surface area contributed by atoms with Crippen LogP contribution in [-0.4, -0.2) is 34.1 Å². The van der Waals surface area contributed by atoms with Crippen LogP contribution in [0.3, 0.4) is 0 Å². The smallest absolute Gasteiger partial charge is 0.320 e. The Hall–Kier alpha value is -1.56. The van der Waals surface area contributed by atoms with Crippen molar-refractivity contribution in [3.8, 4) is 0 Å². The van der Waals surface area contributed by atoms with Crippen molar-refractivity contribution in [2.45, 2.75) is 46.1 Å². The molecule has 0 aliphatic heterocycles. The molecule has 6 nitrogen and oxygen atoms in total. The second kappa shape index (κ2) is 6.47. The quantitative estimate of drug-likeness (QED) is 0.753. The monoisotopic (exact) mass is 294 g/mol. The van der Waals surface area contributed by atoms with E-state index in [1.807, 2.05) is 4.68 Å². The van der Waals surface area contributed by atoms with Crippen molar-refractivity contribution >= 4 is 11.8 Å². The first-order valence-corrected chi connectivity index (χ1v) is 7.67. The Balaban J connectivity index is 1.90. The van der Waals surface area contributed by atoms with E-state index in [1.54, 1.807) is 12.3 Å². The number of aliphatic hydroxyl groups is 1. The van der Waals surface area contributed by atoms with E-state index in [2.05, 4.69) is 36.5 Å². The van der Waals surface area contributed by atoms with Gasteiger partial charge in [0.15, 0.2) is 0 Å². The van der Waals surface area contributed by atoms with Gasteiger partial charge in [-0.25, -0.2) is 9.48 Å². The van der Waals surface area contributed by atoms with Crippen LogP contribution in [0.25, 0.3) is 0 Å². The first-order chi connectivity index (χ1) is 9.97. The SMILES string of the molecule is CC(C)[C@@H](C)n1nccc1NC(=O)NCC1(CO)CCC1. The number of carbonyl (C=O) groups excluding carboxylic acids is 1. The van der Waals surface area contributed by atoms with Crippen LogP contribution in [0.15, 0.2) is 12.3 Å². The molecule has 1 aromatic rings. The molecule has 0 saturated heterocycles. The van der Waals surface area contributed by atoms with Crippen molar-refractivity contribution < 1.29 is 9.90 Å². The third kappa shape index (κ3) is 3.56. The lowest BCUT2D eigenvalue weighted by Crippen LogP contribution is -2.45. The Morgan fingerprint density at radius 3 is 2.71 bits per heavy atom. The van der Waals surface area contributed by atoms with Crippen LogP contribution in [0.2, 0.25) is 0 Å². The summed E-state index contributed by atoms with van der Waals surface area (Å²) >= 11 is 0. The standard InChI is InChI=1S/C15H26N4O2/c1-11(2)12(3)19-13(5-8-17-19)18-14(21)16-9-15(10-20)6-4-7-15/h5,8,11-12,20H,4,6-7,9-10H2,1-3H3,(H2,16,18,21)/t12-/m1/s1. The van der Waals surface area contributed by atoms with Gasteiger partial charge in [-0.15, -0.1) is 0 Å². The van der Waals surface area contributed by atoms with Crippen molar-refractivity contribution in [3.05, 3.63) is 12.3 Å². The van der Waals surface area contributed by atoms with Crippen LogP contribution in [0, 0.1) is 11.3 Å². The number of hydrogen-bond acceptors (Lipinski definition) is 3. The van der Waals surface area contributed by atoms with Gasteiger partial charge in [-0.3, -0.25) is 5.32 Å². The molecule has 0 unspecified atom stereocenters. The summed E-state index contributed by atoms with van der Waals surface area (Å²) < 4.78 is 1.83. The second-order valence-corrected chi connectivity index (χ2v) is 6.46. The Morgan fingerprint density at radius 1 is 1.48 bits per heavy atom. The van der Waals surface area contributed by atoms with E-state index in [9.17, 15) is 9.90 Å². The van der Waals surface area contributed by atoms with Gasteiger partial charge in [0, 0.05) is 18.0 Å². The van der Waals surface area contributed by atoms with Crippen molar-refractivity contribution in [3.63, 3.8) is 0 Å². The lowest BCUT2D eigenvalue weighted by Gasteiger charge is -2.40. The van der Waals surface area contributed by atoms with Crippen LogP contribution in [0.4, 0.5) is 10.6 Å². The third-order valence-corrected chi connectivity index (χ3v) is 4.64. The maximum atomic E-state index is 12.0. The summed E-state index contributed by atoms with van der Waals surface area (Å²) in [4.78, 5) is 12.0. The number of hydrogen-bond donors (Lipinski definition) is 3. The number of urea groups is 1. The normalized spacial score (nSPS) is 18.1. The van der Waals surface area contributed by atoms with Gasteiger partial charge in [0.05, 0.1) is 18.8 Å². The molecular formula is C15H26N4O2. The van der Waals surface area contributed by atoms with E-state index in [0.717, 1.165) is 19.3 Å². The highest BCUT2D eigenvalue weighted by Gasteiger charge is 2.36. The lowest BCUT2D eigenvalue weighted by atomic mass is 9.69. The summed E-state index contributed by atoms with van der Waals surface area (Å²) in [6.45, 7) is 6.98. The van der Waals surface area contributed by atoms with E-state index >= 15 is 0 Å². The molecule has 0 radical (unpaired) electrons. The van der Waals surface area contributed by atoms with Crippen LogP contribution < -0.4 is 10.6 Å². The van der Waals surface area contributed by atoms with Crippen molar-refractivity contribution in [1.29, 1.82) is 0 Å². The van der Waals surface area contributed by atoms with Crippen molar-refractivity contribution in [2.75, 3.05) is 18.5 Å². The molecule has 1 atom stereocenters. The number of nitrogens with zero attached hydrogens (tertiary/aromatic N) is 2. The van der Waals surface area contributed by atoms with E-state index < -0.39 is 0 Å². The fourth-order valence-corrected chi connectivity index (χ4v) is 2.52. The van der Waals surface area contributed by atoms with Gasteiger partial charge in [0.1, 0.15) is 5.82 Å². The highest BCUT2D eigenvalue weighted by Crippen LogP contribution is 2.39. The highest BCUT2D eigenvalue weighted by atomic mass is 16.3.